The first-order chi connectivity index (χ1) is 6.79. The van der Waals surface area contributed by atoms with E-state index in [-0.39, 0.29) is 18.6 Å². The molecule has 1 saturated carbocycles. The maximum Gasteiger partial charge on any atom is 0.317 e. The molecule has 1 unspecified atom stereocenters. The van der Waals surface area contributed by atoms with Crippen molar-refractivity contribution in [2.75, 3.05) is 19.7 Å². The average Bonchev–Trinajstić information content (AvgIpc) is 3.02. The smallest absolute Gasteiger partial charge is 0.317 e. The highest BCUT2D eigenvalue weighted by atomic mass is 16.3. The Morgan fingerprint density at radius 1 is 1.43 bits per heavy atom. The Morgan fingerprint density at radius 3 is 2.86 bits per heavy atom. The molecule has 4 nitrogen and oxygen atoms in total. The summed E-state index contributed by atoms with van der Waals surface area (Å²) < 4.78 is 0. The van der Waals surface area contributed by atoms with Crippen molar-refractivity contribution >= 4 is 6.03 Å². The van der Waals surface area contributed by atoms with Crippen molar-refractivity contribution in [3.8, 4) is 0 Å². The summed E-state index contributed by atoms with van der Waals surface area (Å²) in [5.74, 6) is 0.286. The summed E-state index contributed by atoms with van der Waals surface area (Å²) >= 11 is 0. The SMILES string of the molecule is O=C(NC1CC1)N1CCCC(CO)C1. The van der Waals surface area contributed by atoms with Crippen molar-refractivity contribution in [3.63, 3.8) is 0 Å². The number of nitrogens with one attached hydrogen (secondary N) is 1. The van der Waals surface area contributed by atoms with E-state index in [2.05, 4.69) is 5.32 Å². The highest BCUT2D eigenvalue weighted by Gasteiger charge is 2.28. The Morgan fingerprint density at radius 2 is 2.21 bits per heavy atom. The highest BCUT2D eigenvalue weighted by Crippen LogP contribution is 2.20. The summed E-state index contributed by atoms with van der Waals surface area (Å²) in [5.41, 5.74) is 0. The van der Waals surface area contributed by atoms with Crippen molar-refractivity contribution < 1.29 is 9.90 Å². The number of amides is 2. The third kappa shape index (κ3) is 2.38. The Labute approximate surface area is 84.3 Å². The van der Waals surface area contributed by atoms with Crippen LogP contribution in [0.2, 0.25) is 0 Å². The molecule has 0 aromatic heterocycles. The molecule has 0 aromatic rings. The Kier molecular flexibility index (Phi) is 2.91. The van der Waals surface area contributed by atoms with Gasteiger partial charge in [0.05, 0.1) is 0 Å². The maximum absolute atomic E-state index is 11.6. The Balaban J connectivity index is 1.79. The van der Waals surface area contributed by atoms with Gasteiger partial charge in [-0.2, -0.15) is 0 Å². The number of aliphatic hydroxyl groups excluding tert-OH is 1. The number of carbonyl (C=O) groups excluding carboxylic acids is 1. The molecule has 2 amide bonds. The molecule has 0 aromatic carbocycles. The third-order valence-corrected chi connectivity index (χ3v) is 2.97. The molecule has 1 aliphatic carbocycles. The minimum Gasteiger partial charge on any atom is -0.396 e. The predicted molar refractivity (Wildman–Crippen MR) is 52.9 cm³/mol. The van der Waals surface area contributed by atoms with Crippen LogP contribution in [-0.4, -0.2) is 41.8 Å². The van der Waals surface area contributed by atoms with E-state index in [0.717, 1.165) is 38.8 Å². The van der Waals surface area contributed by atoms with Gasteiger partial charge in [-0.05, 0) is 31.6 Å². The van der Waals surface area contributed by atoms with E-state index in [0.29, 0.717) is 6.04 Å². The lowest BCUT2D eigenvalue weighted by molar-refractivity contribution is 0.129. The van der Waals surface area contributed by atoms with E-state index in [4.69, 9.17) is 5.11 Å². The molecule has 1 atom stereocenters. The summed E-state index contributed by atoms with van der Waals surface area (Å²) in [6.07, 6.45) is 4.32. The molecule has 2 fully saturated rings. The monoisotopic (exact) mass is 198 g/mol. The fourth-order valence-electron chi connectivity index (χ4n) is 1.89. The first kappa shape index (κ1) is 9.77. The molecule has 1 saturated heterocycles. The standard InChI is InChI=1S/C10H18N2O2/c13-7-8-2-1-5-12(6-8)10(14)11-9-3-4-9/h8-9,13H,1-7H2,(H,11,14). The Hall–Kier alpha value is -0.770. The fourth-order valence-corrected chi connectivity index (χ4v) is 1.89. The maximum atomic E-state index is 11.6. The van der Waals surface area contributed by atoms with E-state index in [1.54, 1.807) is 0 Å². The number of likely N-dealkylation sites (tertiary alicyclic amines) is 1. The van der Waals surface area contributed by atoms with E-state index < -0.39 is 0 Å². The zero-order valence-electron chi connectivity index (χ0n) is 8.41. The zero-order chi connectivity index (χ0) is 9.97. The van der Waals surface area contributed by atoms with Crippen LogP contribution in [0.4, 0.5) is 4.79 Å². The van der Waals surface area contributed by atoms with E-state index >= 15 is 0 Å². The molecule has 14 heavy (non-hydrogen) atoms. The van der Waals surface area contributed by atoms with Crippen LogP contribution in [0.1, 0.15) is 25.7 Å². The number of nitrogens with zero attached hydrogens (tertiary/aromatic N) is 1. The largest absolute Gasteiger partial charge is 0.396 e. The van der Waals surface area contributed by atoms with Crippen LogP contribution in [0.5, 0.6) is 0 Å². The lowest BCUT2D eigenvalue weighted by Gasteiger charge is -2.31. The molecule has 0 radical (unpaired) electrons. The summed E-state index contributed by atoms with van der Waals surface area (Å²) in [6, 6.07) is 0.489. The third-order valence-electron chi connectivity index (χ3n) is 2.97. The van der Waals surface area contributed by atoms with Crippen molar-refractivity contribution in [3.05, 3.63) is 0 Å². The molecule has 2 rings (SSSR count). The van der Waals surface area contributed by atoms with Crippen LogP contribution < -0.4 is 5.32 Å². The minimum atomic E-state index is 0.0608. The first-order valence-corrected chi connectivity index (χ1v) is 5.46. The highest BCUT2D eigenvalue weighted by molar-refractivity contribution is 5.74. The summed E-state index contributed by atoms with van der Waals surface area (Å²) in [4.78, 5) is 13.5. The van der Waals surface area contributed by atoms with Gasteiger partial charge in [0.2, 0.25) is 0 Å². The number of aliphatic hydroxyl groups is 1. The number of carbonyl (C=O) groups is 1. The van der Waals surface area contributed by atoms with Crippen LogP contribution in [0.25, 0.3) is 0 Å². The van der Waals surface area contributed by atoms with Crippen molar-refractivity contribution in [1.29, 1.82) is 0 Å². The number of hydrogen-bond donors (Lipinski definition) is 2. The number of hydrogen-bond acceptors (Lipinski definition) is 2. The van der Waals surface area contributed by atoms with Gasteiger partial charge in [0, 0.05) is 25.7 Å². The Bertz CT molecular complexity index is 216. The predicted octanol–water partition coefficient (Wildman–Crippen LogP) is 0.563. The van der Waals surface area contributed by atoms with Gasteiger partial charge >= 0.3 is 6.03 Å². The number of urea groups is 1. The van der Waals surface area contributed by atoms with Gasteiger partial charge in [-0.25, -0.2) is 4.79 Å². The van der Waals surface area contributed by atoms with Crippen molar-refractivity contribution in [2.45, 2.75) is 31.7 Å². The van der Waals surface area contributed by atoms with E-state index in [1.165, 1.54) is 0 Å². The van der Waals surface area contributed by atoms with E-state index in [9.17, 15) is 4.79 Å². The van der Waals surface area contributed by atoms with Gasteiger partial charge in [-0.3, -0.25) is 0 Å². The molecule has 0 bridgehead atoms. The molecular formula is C10H18N2O2. The lowest BCUT2D eigenvalue weighted by atomic mass is 9.99. The lowest BCUT2D eigenvalue weighted by Crippen LogP contribution is -2.46. The topological polar surface area (TPSA) is 52.6 Å². The molecule has 0 spiro atoms. The van der Waals surface area contributed by atoms with Gasteiger partial charge in [-0.15, -0.1) is 0 Å². The molecule has 1 aliphatic heterocycles. The molecule has 4 heteroatoms. The van der Waals surface area contributed by atoms with Crippen LogP contribution >= 0.6 is 0 Å². The van der Waals surface area contributed by atoms with E-state index in [1.807, 2.05) is 4.90 Å². The number of rotatable bonds is 2. The second-order valence-electron chi connectivity index (χ2n) is 4.36. The summed E-state index contributed by atoms with van der Waals surface area (Å²) in [6.45, 7) is 1.76. The van der Waals surface area contributed by atoms with Crippen LogP contribution in [0, 0.1) is 5.92 Å². The normalized spacial score (nSPS) is 27.5. The zero-order valence-corrected chi connectivity index (χ0v) is 8.41. The molecular weight excluding hydrogens is 180 g/mol. The second kappa shape index (κ2) is 4.17. The summed E-state index contributed by atoms with van der Waals surface area (Å²) in [5, 5.41) is 12.0. The van der Waals surface area contributed by atoms with Crippen LogP contribution in [0.15, 0.2) is 0 Å². The van der Waals surface area contributed by atoms with Gasteiger partial charge in [0.1, 0.15) is 0 Å². The molecule has 2 N–H and O–H groups in total. The van der Waals surface area contributed by atoms with Crippen LogP contribution in [-0.2, 0) is 0 Å². The van der Waals surface area contributed by atoms with Gasteiger partial charge < -0.3 is 15.3 Å². The second-order valence-corrected chi connectivity index (χ2v) is 4.36. The summed E-state index contributed by atoms with van der Waals surface area (Å²) in [7, 11) is 0. The number of piperidine rings is 1. The van der Waals surface area contributed by atoms with Crippen LogP contribution in [0.3, 0.4) is 0 Å². The fraction of sp³-hybridized carbons (Fsp3) is 0.900. The molecule has 2 aliphatic rings. The van der Waals surface area contributed by atoms with Gasteiger partial charge in [-0.1, -0.05) is 0 Å². The molecule has 1 heterocycles. The van der Waals surface area contributed by atoms with Gasteiger partial charge in [0.25, 0.3) is 0 Å². The van der Waals surface area contributed by atoms with Crippen molar-refractivity contribution in [2.24, 2.45) is 5.92 Å². The molecule has 80 valence electrons. The minimum absolute atomic E-state index is 0.0608. The van der Waals surface area contributed by atoms with Crippen molar-refractivity contribution in [1.82, 2.24) is 10.2 Å². The first-order valence-electron chi connectivity index (χ1n) is 5.46. The van der Waals surface area contributed by atoms with Gasteiger partial charge in [0.15, 0.2) is 0 Å². The average molecular weight is 198 g/mol. The quantitative estimate of drug-likeness (QED) is 0.681.